The normalized spacial score (nSPS) is 19.2. The molecule has 1 aliphatic heterocycles. The second-order valence-electron chi connectivity index (χ2n) is 6.67. The summed E-state index contributed by atoms with van der Waals surface area (Å²) in [6.07, 6.45) is -5.76. The highest BCUT2D eigenvalue weighted by molar-refractivity contribution is 5.89. The molecule has 1 fully saturated rings. The lowest BCUT2D eigenvalue weighted by Crippen LogP contribution is -2.39. The number of hydrogen-bond donors (Lipinski definition) is 1. The first-order valence-corrected chi connectivity index (χ1v) is 7.77. The molecule has 1 atom stereocenters. The fourth-order valence-corrected chi connectivity index (χ4v) is 2.81. The molecule has 140 valence electrons. The zero-order valence-corrected chi connectivity index (χ0v) is 14.5. The van der Waals surface area contributed by atoms with Crippen LogP contribution >= 0.6 is 0 Å². The molecule has 1 N–H and O–H groups in total. The van der Waals surface area contributed by atoms with Gasteiger partial charge >= 0.3 is 6.18 Å². The zero-order chi connectivity index (χ0) is 19.7. The van der Waals surface area contributed by atoms with Crippen LogP contribution in [0.2, 0.25) is 0 Å². The van der Waals surface area contributed by atoms with E-state index >= 15 is 0 Å². The monoisotopic (exact) mass is 369 g/mol. The topological polar surface area (TPSA) is 82.4 Å². The van der Waals surface area contributed by atoms with Crippen LogP contribution < -0.4 is 10.1 Å². The number of rotatable bonds is 4. The molecular weight excluding hydrogens is 351 g/mol. The highest BCUT2D eigenvalue weighted by Gasteiger charge is 2.48. The number of nitrogens with zero attached hydrogens (tertiary/aromatic N) is 2. The number of nitrogens with one attached hydrogen (secondary N) is 1. The SMILES string of the molecule is CNC(=O)CN1CC(C)(C)C(Oc2ccc(C#N)c(C(F)(F)F)c2)C1=O. The maximum absolute atomic E-state index is 13.1. The van der Waals surface area contributed by atoms with Gasteiger partial charge in [0.15, 0.2) is 6.10 Å². The molecule has 1 aliphatic rings. The number of alkyl halides is 3. The second kappa shape index (κ2) is 6.86. The number of halogens is 3. The van der Waals surface area contributed by atoms with Gasteiger partial charge < -0.3 is 15.0 Å². The molecular formula is C17H18F3N3O3. The van der Waals surface area contributed by atoms with Crippen molar-refractivity contribution in [2.75, 3.05) is 20.1 Å². The number of carbonyl (C=O) groups excluding carboxylic acids is 2. The van der Waals surface area contributed by atoms with E-state index in [2.05, 4.69) is 5.32 Å². The van der Waals surface area contributed by atoms with Gasteiger partial charge in [-0.25, -0.2) is 0 Å². The Morgan fingerprint density at radius 2 is 2.12 bits per heavy atom. The van der Waals surface area contributed by atoms with Gasteiger partial charge in [-0.15, -0.1) is 0 Å². The van der Waals surface area contributed by atoms with Gasteiger partial charge in [0.1, 0.15) is 5.75 Å². The van der Waals surface area contributed by atoms with E-state index in [4.69, 9.17) is 10.00 Å². The maximum atomic E-state index is 13.1. The predicted molar refractivity (Wildman–Crippen MR) is 85.0 cm³/mol. The van der Waals surface area contributed by atoms with Crippen LogP contribution in [0.25, 0.3) is 0 Å². The van der Waals surface area contributed by atoms with Crippen molar-refractivity contribution in [3.05, 3.63) is 29.3 Å². The summed E-state index contributed by atoms with van der Waals surface area (Å²) in [4.78, 5) is 25.3. The molecule has 1 unspecified atom stereocenters. The molecule has 1 heterocycles. The summed E-state index contributed by atoms with van der Waals surface area (Å²) >= 11 is 0. The first-order valence-electron chi connectivity index (χ1n) is 7.77. The highest BCUT2D eigenvalue weighted by atomic mass is 19.4. The van der Waals surface area contributed by atoms with Crippen molar-refractivity contribution in [3.63, 3.8) is 0 Å². The molecule has 0 saturated carbocycles. The van der Waals surface area contributed by atoms with Crippen molar-refractivity contribution >= 4 is 11.8 Å². The molecule has 2 amide bonds. The first-order chi connectivity index (χ1) is 12.0. The summed E-state index contributed by atoms with van der Waals surface area (Å²) in [5.74, 6) is -0.992. The number of carbonyl (C=O) groups is 2. The summed E-state index contributed by atoms with van der Waals surface area (Å²) in [6.45, 7) is 3.54. The van der Waals surface area contributed by atoms with Crippen LogP contribution in [-0.2, 0) is 15.8 Å². The van der Waals surface area contributed by atoms with Crippen molar-refractivity contribution < 1.29 is 27.5 Å². The molecule has 6 nitrogen and oxygen atoms in total. The highest BCUT2D eigenvalue weighted by Crippen LogP contribution is 2.37. The summed E-state index contributed by atoms with van der Waals surface area (Å²) in [6, 6.07) is 4.43. The molecule has 1 saturated heterocycles. The fourth-order valence-electron chi connectivity index (χ4n) is 2.81. The summed E-state index contributed by atoms with van der Waals surface area (Å²) in [5.41, 5.74) is -2.36. The summed E-state index contributed by atoms with van der Waals surface area (Å²) in [5, 5.41) is 11.2. The molecule has 1 aromatic rings. The van der Waals surface area contributed by atoms with Crippen LogP contribution in [0.3, 0.4) is 0 Å². The average molecular weight is 369 g/mol. The number of ether oxygens (including phenoxy) is 1. The largest absolute Gasteiger partial charge is 0.480 e. The third kappa shape index (κ3) is 3.90. The number of benzene rings is 1. The van der Waals surface area contributed by atoms with Gasteiger partial charge in [-0.1, -0.05) is 13.8 Å². The van der Waals surface area contributed by atoms with Crippen molar-refractivity contribution in [2.45, 2.75) is 26.1 Å². The fraction of sp³-hybridized carbons (Fsp3) is 0.471. The minimum absolute atomic E-state index is 0.153. The Morgan fingerprint density at radius 1 is 1.46 bits per heavy atom. The minimum atomic E-state index is -4.72. The Kier molecular flexibility index (Phi) is 5.16. The lowest BCUT2D eigenvalue weighted by atomic mass is 9.89. The van der Waals surface area contributed by atoms with E-state index in [-0.39, 0.29) is 24.7 Å². The molecule has 0 spiro atoms. The standard InChI is InChI=1S/C17H18F3N3O3/c1-16(2)9-23(8-13(24)22-3)15(25)14(16)26-11-5-4-10(7-21)12(6-11)17(18,19)20/h4-6,14H,8-9H2,1-3H3,(H,22,24). The molecule has 2 rings (SSSR count). The van der Waals surface area contributed by atoms with Crippen LogP contribution in [0, 0.1) is 16.7 Å². The molecule has 9 heteroatoms. The molecule has 1 aromatic carbocycles. The van der Waals surface area contributed by atoms with Crippen molar-refractivity contribution in [1.82, 2.24) is 10.2 Å². The third-order valence-corrected chi connectivity index (χ3v) is 4.13. The Hall–Kier alpha value is -2.76. The smallest absolute Gasteiger partial charge is 0.417 e. The van der Waals surface area contributed by atoms with Gasteiger partial charge in [-0.3, -0.25) is 9.59 Å². The summed E-state index contributed by atoms with van der Waals surface area (Å²) < 4.78 is 44.8. The number of nitriles is 1. The zero-order valence-electron chi connectivity index (χ0n) is 14.5. The number of likely N-dealkylation sites (tertiary alicyclic amines) is 1. The van der Waals surface area contributed by atoms with Crippen LogP contribution in [0.5, 0.6) is 5.75 Å². The Balaban J connectivity index is 2.28. The van der Waals surface area contributed by atoms with E-state index in [1.165, 1.54) is 24.1 Å². The van der Waals surface area contributed by atoms with Crippen LogP contribution in [-0.4, -0.2) is 43.0 Å². The maximum Gasteiger partial charge on any atom is 0.417 e. The first kappa shape index (κ1) is 19.6. The Labute approximate surface area is 148 Å². The molecule has 0 aromatic heterocycles. The molecule has 0 radical (unpaired) electrons. The van der Waals surface area contributed by atoms with Gasteiger partial charge in [0.2, 0.25) is 5.91 Å². The number of amides is 2. The van der Waals surface area contributed by atoms with Gasteiger partial charge in [0, 0.05) is 19.0 Å². The lowest BCUT2D eigenvalue weighted by molar-refractivity contribution is -0.138. The van der Waals surface area contributed by atoms with Crippen LogP contribution in [0.15, 0.2) is 18.2 Å². The third-order valence-electron chi connectivity index (χ3n) is 4.13. The Morgan fingerprint density at radius 3 is 2.65 bits per heavy atom. The van der Waals surface area contributed by atoms with E-state index in [9.17, 15) is 22.8 Å². The lowest BCUT2D eigenvalue weighted by Gasteiger charge is -2.24. The van der Waals surface area contributed by atoms with E-state index in [1.54, 1.807) is 13.8 Å². The quantitative estimate of drug-likeness (QED) is 0.879. The van der Waals surface area contributed by atoms with Gasteiger partial charge in [-0.2, -0.15) is 18.4 Å². The van der Waals surface area contributed by atoms with Crippen molar-refractivity contribution in [2.24, 2.45) is 5.41 Å². The van der Waals surface area contributed by atoms with E-state index in [0.717, 1.165) is 6.07 Å². The minimum Gasteiger partial charge on any atom is -0.480 e. The van der Waals surface area contributed by atoms with Gasteiger partial charge in [0.25, 0.3) is 5.91 Å². The Bertz CT molecular complexity index is 769. The van der Waals surface area contributed by atoms with Crippen LogP contribution in [0.4, 0.5) is 13.2 Å². The molecule has 0 aliphatic carbocycles. The van der Waals surface area contributed by atoms with Gasteiger partial charge in [-0.05, 0) is 18.2 Å². The average Bonchev–Trinajstić information content (AvgIpc) is 2.76. The molecule has 26 heavy (non-hydrogen) atoms. The van der Waals surface area contributed by atoms with Crippen molar-refractivity contribution in [3.8, 4) is 11.8 Å². The second-order valence-corrected chi connectivity index (χ2v) is 6.67. The summed E-state index contributed by atoms with van der Waals surface area (Å²) in [7, 11) is 1.44. The van der Waals surface area contributed by atoms with E-state index in [0.29, 0.717) is 6.07 Å². The predicted octanol–water partition coefficient (Wildman–Crippen LogP) is 1.94. The van der Waals surface area contributed by atoms with Gasteiger partial charge in [0.05, 0.1) is 23.7 Å². The van der Waals surface area contributed by atoms with E-state index in [1.807, 2.05) is 0 Å². The number of likely N-dealkylation sites (N-methyl/N-ethyl adjacent to an activating group) is 1. The van der Waals surface area contributed by atoms with Crippen molar-refractivity contribution in [1.29, 1.82) is 5.26 Å². The van der Waals surface area contributed by atoms with E-state index < -0.39 is 34.7 Å². The molecule has 0 bridgehead atoms. The van der Waals surface area contributed by atoms with Crippen LogP contribution in [0.1, 0.15) is 25.0 Å². The number of hydrogen-bond acceptors (Lipinski definition) is 4.